The van der Waals surface area contributed by atoms with Gasteiger partial charge in [-0.25, -0.2) is 9.78 Å². The van der Waals surface area contributed by atoms with Crippen LogP contribution in [-0.2, 0) is 10.9 Å². The van der Waals surface area contributed by atoms with Crippen molar-refractivity contribution in [3.05, 3.63) is 17.0 Å². The largest absolute Gasteiger partial charge is 0.444 e. The molecule has 1 aliphatic rings. The first-order valence-electron chi connectivity index (χ1n) is 7.73. The predicted octanol–water partition coefficient (Wildman–Crippen LogP) is 3.59. The van der Waals surface area contributed by atoms with Crippen LogP contribution in [0.5, 0.6) is 0 Å². The third kappa shape index (κ3) is 4.87. The molecule has 0 aliphatic carbocycles. The number of halogens is 4. The lowest BCUT2D eigenvalue weighted by molar-refractivity contribution is -0.137. The molecule has 1 aliphatic heterocycles. The Bertz CT molecular complexity index is 649. The Morgan fingerprint density at radius 1 is 1.32 bits per heavy atom. The Kier molecular flexibility index (Phi) is 5.36. The molecule has 2 heterocycles. The second-order valence-electron chi connectivity index (χ2n) is 6.84. The van der Waals surface area contributed by atoms with E-state index < -0.39 is 29.5 Å². The van der Waals surface area contributed by atoms with Gasteiger partial charge in [0.1, 0.15) is 17.0 Å². The molecule has 0 saturated carbocycles. The first kappa shape index (κ1) is 19.6. The van der Waals surface area contributed by atoms with Gasteiger partial charge in [-0.2, -0.15) is 18.2 Å². The minimum Gasteiger partial charge on any atom is -0.444 e. The Balaban J connectivity index is 2.20. The number of anilines is 1. The Morgan fingerprint density at radius 2 is 1.96 bits per heavy atom. The fourth-order valence-corrected chi connectivity index (χ4v) is 2.66. The number of ether oxygens (including phenoxy) is 1. The van der Waals surface area contributed by atoms with Crippen LogP contribution in [0.15, 0.2) is 6.20 Å². The molecular formula is C15H20ClF3N4O2. The number of carbonyl (C=O) groups is 1. The van der Waals surface area contributed by atoms with Crippen LogP contribution in [0.2, 0.25) is 5.28 Å². The number of carbonyl (C=O) groups excluding carboxylic acids is 1. The van der Waals surface area contributed by atoms with Crippen molar-refractivity contribution in [3.8, 4) is 0 Å². The second kappa shape index (κ2) is 6.86. The lowest BCUT2D eigenvalue weighted by atomic mass is 10.1. The average molecular weight is 381 g/mol. The van der Waals surface area contributed by atoms with Crippen molar-refractivity contribution in [3.63, 3.8) is 0 Å². The zero-order valence-corrected chi connectivity index (χ0v) is 15.1. The molecule has 1 aromatic rings. The molecule has 1 amide bonds. The van der Waals surface area contributed by atoms with E-state index in [0.29, 0.717) is 6.20 Å². The minimum absolute atomic E-state index is 0.177. The zero-order chi connectivity index (χ0) is 19.0. The van der Waals surface area contributed by atoms with Gasteiger partial charge in [0, 0.05) is 31.9 Å². The summed E-state index contributed by atoms with van der Waals surface area (Å²) in [4.78, 5) is 22.3. The van der Waals surface area contributed by atoms with Gasteiger partial charge in [0.2, 0.25) is 5.28 Å². The molecule has 1 saturated heterocycles. The molecule has 1 atom stereocenters. The highest BCUT2D eigenvalue weighted by Gasteiger charge is 2.39. The van der Waals surface area contributed by atoms with E-state index in [1.807, 2.05) is 0 Å². The number of hydrogen-bond donors (Lipinski definition) is 0. The zero-order valence-electron chi connectivity index (χ0n) is 14.4. The van der Waals surface area contributed by atoms with E-state index in [0.717, 1.165) is 0 Å². The smallest absolute Gasteiger partial charge is 0.421 e. The fraction of sp³-hybridized carbons (Fsp3) is 0.667. The molecule has 10 heteroatoms. The summed E-state index contributed by atoms with van der Waals surface area (Å²) in [6, 6.07) is -0.395. The highest BCUT2D eigenvalue weighted by atomic mass is 35.5. The van der Waals surface area contributed by atoms with E-state index in [2.05, 4.69) is 9.97 Å². The summed E-state index contributed by atoms with van der Waals surface area (Å²) in [5, 5.41) is -0.259. The number of amides is 1. The van der Waals surface area contributed by atoms with Gasteiger partial charge in [0.05, 0.1) is 0 Å². The lowest BCUT2D eigenvalue weighted by Crippen LogP contribution is -2.55. The van der Waals surface area contributed by atoms with Gasteiger partial charge >= 0.3 is 12.3 Å². The van der Waals surface area contributed by atoms with E-state index in [-0.39, 0.29) is 30.7 Å². The van der Waals surface area contributed by atoms with Crippen molar-refractivity contribution in [2.24, 2.45) is 0 Å². The van der Waals surface area contributed by atoms with Crippen LogP contribution < -0.4 is 4.90 Å². The molecule has 2 rings (SSSR count). The van der Waals surface area contributed by atoms with Gasteiger partial charge in [-0.1, -0.05) is 0 Å². The van der Waals surface area contributed by atoms with Crippen LogP contribution in [-0.4, -0.2) is 52.2 Å². The predicted molar refractivity (Wildman–Crippen MR) is 86.7 cm³/mol. The molecule has 25 heavy (non-hydrogen) atoms. The number of aromatic nitrogens is 2. The van der Waals surface area contributed by atoms with Crippen molar-refractivity contribution in [1.82, 2.24) is 14.9 Å². The maximum atomic E-state index is 13.2. The summed E-state index contributed by atoms with van der Waals surface area (Å²) < 4.78 is 45.0. The van der Waals surface area contributed by atoms with E-state index in [9.17, 15) is 18.0 Å². The van der Waals surface area contributed by atoms with Gasteiger partial charge in [-0.3, -0.25) is 0 Å². The molecule has 0 aromatic carbocycles. The summed E-state index contributed by atoms with van der Waals surface area (Å²) in [7, 11) is 0. The monoisotopic (exact) mass is 380 g/mol. The summed E-state index contributed by atoms with van der Waals surface area (Å²) in [5.74, 6) is -0.274. The van der Waals surface area contributed by atoms with E-state index >= 15 is 0 Å². The molecule has 140 valence electrons. The minimum atomic E-state index is -4.60. The molecule has 6 nitrogen and oxygen atoms in total. The number of alkyl halides is 3. The number of rotatable bonds is 1. The van der Waals surface area contributed by atoms with E-state index in [1.165, 1.54) is 9.80 Å². The normalized spacial score (nSPS) is 19.1. The fourth-order valence-electron chi connectivity index (χ4n) is 2.54. The van der Waals surface area contributed by atoms with Gasteiger partial charge in [-0.15, -0.1) is 0 Å². The number of hydrogen-bond acceptors (Lipinski definition) is 5. The number of piperazine rings is 1. The van der Waals surface area contributed by atoms with Crippen molar-refractivity contribution in [2.45, 2.75) is 45.5 Å². The summed E-state index contributed by atoms with van der Waals surface area (Å²) >= 11 is 5.68. The van der Waals surface area contributed by atoms with Gasteiger partial charge in [0.25, 0.3) is 0 Å². The highest BCUT2D eigenvalue weighted by Crippen LogP contribution is 2.36. The summed E-state index contributed by atoms with van der Waals surface area (Å²) in [6.45, 7) is 7.59. The Morgan fingerprint density at radius 3 is 2.48 bits per heavy atom. The van der Waals surface area contributed by atoms with Crippen LogP contribution in [0.4, 0.5) is 23.8 Å². The summed E-state index contributed by atoms with van der Waals surface area (Å²) in [5.41, 5.74) is -1.59. The maximum absolute atomic E-state index is 13.2. The van der Waals surface area contributed by atoms with Gasteiger partial charge in [0.15, 0.2) is 0 Å². The van der Waals surface area contributed by atoms with Gasteiger partial charge in [-0.05, 0) is 39.3 Å². The molecule has 0 spiro atoms. The average Bonchev–Trinajstić information content (AvgIpc) is 2.43. The van der Waals surface area contributed by atoms with Crippen LogP contribution in [0, 0.1) is 0 Å². The second-order valence-corrected chi connectivity index (χ2v) is 7.18. The lowest BCUT2D eigenvalue weighted by Gasteiger charge is -2.41. The van der Waals surface area contributed by atoms with Crippen molar-refractivity contribution in [2.75, 3.05) is 24.5 Å². The van der Waals surface area contributed by atoms with E-state index in [4.69, 9.17) is 16.3 Å². The molecular weight excluding hydrogens is 361 g/mol. The van der Waals surface area contributed by atoms with Crippen molar-refractivity contribution in [1.29, 1.82) is 0 Å². The molecule has 0 radical (unpaired) electrons. The first-order chi connectivity index (χ1) is 11.4. The van der Waals surface area contributed by atoms with Crippen LogP contribution >= 0.6 is 11.6 Å². The third-order valence-corrected chi connectivity index (χ3v) is 3.78. The van der Waals surface area contributed by atoms with Crippen LogP contribution in [0.3, 0.4) is 0 Å². The number of nitrogens with zero attached hydrogens (tertiary/aromatic N) is 4. The first-order valence-corrected chi connectivity index (χ1v) is 8.10. The van der Waals surface area contributed by atoms with E-state index in [1.54, 1.807) is 27.7 Å². The molecule has 1 fully saturated rings. The van der Waals surface area contributed by atoms with Crippen molar-refractivity contribution < 1.29 is 22.7 Å². The Hall–Kier alpha value is -1.77. The highest BCUT2D eigenvalue weighted by molar-refractivity contribution is 6.28. The van der Waals surface area contributed by atoms with Crippen LogP contribution in [0.25, 0.3) is 0 Å². The van der Waals surface area contributed by atoms with Gasteiger partial charge < -0.3 is 14.5 Å². The topological polar surface area (TPSA) is 58.6 Å². The third-order valence-electron chi connectivity index (χ3n) is 3.60. The molecule has 0 unspecified atom stereocenters. The quantitative estimate of drug-likeness (QED) is 0.697. The van der Waals surface area contributed by atoms with Crippen molar-refractivity contribution >= 4 is 23.5 Å². The molecule has 0 N–H and O–H groups in total. The molecule has 0 bridgehead atoms. The van der Waals surface area contributed by atoms with Crippen LogP contribution in [0.1, 0.15) is 33.3 Å². The Labute approximate surface area is 148 Å². The summed E-state index contributed by atoms with van der Waals surface area (Å²) in [6.07, 6.45) is -4.41. The maximum Gasteiger partial charge on any atom is 0.421 e. The SMILES string of the molecule is C[C@H]1CN(C(=O)OC(C)(C)C)CCN1c1nc(Cl)ncc1C(F)(F)F. The molecule has 1 aromatic heterocycles. The standard InChI is InChI=1S/C15H20ClF3N4O2/c1-9-8-22(13(24)25-14(2,3)4)5-6-23(9)11-10(15(17,18)19)7-20-12(16)21-11/h7,9H,5-6,8H2,1-4H3/t9-/m0/s1.